The minimum Gasteiger partial charge on any atom is -0.481 e. The average Bonchev–Trinajstić information content (AvgIpc) is 3.08. The van der Waals surface area contributed by atoms with Crippen molar-refractivity contribution in [2.24, 2.45) is 0 Å². The Bertz CT molecular complexity index is 1180. The molecule has 3 aromatic rings. The molecule has 2 heterocycles. The number of aromatic nitrogens is 3. The van der Waals surface area contributed by atoms with Gasteiger partial charge in [-0.3, -0.25) is 9.36 Å². The molecule has 0 spiro atoms. The van der Waals surface area contributed by atoms with Crippen molar-refractivity contribution in [2.75, 3.05) is 0 Å². The Morgan fingerprint density at radius 3 is 2.58 bits per heavy atom. The summed E-state index contributed by atoms with van der Waals surface area (Å²) in [5, 5.41) is 14.1. The molecule has 1 aromatic heterocycles. The number of fused-ring (bicyclic) bond motifs is 3. The number of nitrogens with zero attached hydrogens (tertiary/aromatic N) is 3. The first-order valence-corrected chi connectivity index (χ1v) is 10.0. The number of carbonyl (C=O) groups is 1. The second kappa shape index (κ2) is 7.79. The SMILES string of the molecule is O=C(O)CC1SC(c2cccc(F)c2F)c2cc(Cl)ccc2-n2c1nnc2C(F)(F)F. The summed E-state index contributed by atoms with van der Waals surface area (Å²) in [5.41, 5.74) is -0.0663. The molecule has 1 N–H and O–H groups in total. The van der Waals surface area contributed by atoms with Crippen molar-refractivity contribution in [3.05, 3.63) is 75.8 Å². The zero-order chi connectivity index (χ0) is 22.5. The van der Waals surface area contributed by atoms with Gasteiger partial charge in [0.1, 0.15) is 0 Å². The maximum atomic E-state index is 14.7. The molecule has 0 amide bonds. The van der Waals surface area contributed by atoms with Crippen molar-refractivity contribution in [3.63, 3.8) is 0 Å². The summed E-state index contributed by atoms with van der Waals surface area (Å²) in [6.07, 6.45) is -5.51. The summed E-state index contributed by atoms with van der Waals surface area (Å²) in [5.74, 6) is -5.25. The Morgan fingerprint density at radius 1 is 1.16 bits per heavy atom. The highest BCUT2D eigenvalue weighted by molar-refractivity contribution is 8.00. The number of thioether (sulfide) groups is 1. The minimum absolute atomic E-state index is 0.0502. The van der Waals surface area contributed by atoms with Gasteiger partial charge in [-0.2, -0.15) is 13.2 Å². The Balaban J connectivity index is 2.04. The van der Waals surface area contributed by atoms with Crippen LogP contribution in [0.1, 0.15) is 39.7 Å². The van der Waals surface area contributed by atoms with E-state index in [-0.39, 0.29) is 27.7 Å². The van der Waals surface area contributed by atoms with Crippen LogP contribution in [0.5, 0.6) is 0 Å². The van der Waals surface area contributed by atoms with E-state index in [1.807, 2.05) is 0 Å². The van der Waals surface area contributed by atoms with Gasteiger partial charge in [0, 0.05) is 10.6 Å². The predicted octanol–water partition coefficient (Wildman–Crippen LogP) is 5.57. The summed E-state index contributed by atoms with van der Waals surface area (Å²) in [7, 11) is 0. The lowest BCUT2D eigenvalue weighted by Gasteiger charge is -2.21. The van der Waals surface area contributed by atoms with Gasteiger partial charge >= 0.3 is 12.1 Å². The van der Waals surface area contributed by atoms with Crippen molar-refractivity contribution in [2.45, 2.75) is 23.1 Å². The van der Waals surface area contributed by atoms with Crippen molar-refractivity contribution < 1.29 is 31.9 Å². The van der Waals surface area contributed by atoms with Gasteiger partial charge in [-0.25, -0.2) is 8.78 Å². The molecule has 2 aromatic carbocycles. The number of rotatable bonds is 3. The lowest BCUT2D eigenvalue weighted by Crippen LogP contribution is -2.16. The summed E-state index contributed by atoms with van der Waals surface area (Å²) < 4.78 is 70.3. The first kappa shape index (κ1) is 21.6. The highest BCUT2D eigenvalue weighted by Crippen LogP contribution is 2.52. The standard InChI is InChI=1S/C19H11ClF5N3O2S/c20-8-4-5-12-10(6-8)16(9-2-1-3-11(21)15(9)22)31-13(7-14(29)30)17-26-27-18(28(12)17)19(23,24)25/h1-6,13,16H,7H2,(H,29,30). The fraction of sp³-hybridized carbons (Fsp3) is 0.211. The minimum atomic E-state index is -4.90. The van der Waals surface area contributed by atoms with Crippen molar-refractivity contribution in [1.82, 2.24) is 14.8 Å². The fourth-order valence-corrected chi connectivity index (χ4v) is 5.11. The quantitative estimate of drug-likeness (QED) is 0.502. The van der Waals surface area contributed by atoms with Crippen LogP contribution in [0.4, 0.5) is 22.0 Å². The van der Waals surface area contributed by atoms with E-state index in [2.05, 4.69) is 10.2 Å². The normalized spacial score (nSPS) is 18.3. The highest BCUT2D eigenvalue weighted by Gasteiger charge is 2.43. The van der Waals surface area contributed by atoms with Gasteiger partial charge in [0.25, 0.3) is 0 Å². The van der Waals surface area contributed by atoms with Gasteiger partial charge in [-0.05, 0) is 29.8 Å². The third-order valence-corrected chi connectivity index (χ3v) is 6.39. The smallest absolute Gasteiger partial charge is 0.452 e. The lowest BCUT2D eigenvalue weighted by atomic mass is 10.0. The van der Waals surface area contributed by atoms with Crippen LogP contribution in [-0.4, -0.2) is 25.8 Å². The van der Waals surface area contributed by atoms with Gasteiger partial charge in [0.15, 0.2) is 17.5 Å². The van der Waals surface area contributed by atoms with Crippen LogP contribution in [0.15, 0.2) is 36.4 Å². The second-order valence-electron chi connectivity index (χ2n) is 6.66. The topological polar surface area (TPSA) is 68.0 Å². The molecule has 0 saturated heterocycles. The van der Waals surface area contributed by atoms with Gasteiger partial charge in [0.2, 0.25) is 5.82 Å². The van der Waals surface area contributed by atoms with Crippen molar-refractivity contribution in [3.8, 4) is 5.69 Å². The van der Waals surface area contributed by atoms with Gasteiger partial charge in [-0.15, -0.1) is 22.0 Å². The third-order valence-electron chi connectivity index (χ3n) is 4.67. The maximum absolute atomic E-state index is 14.7. The number of carboxylic acid groups (broad SMARTS) is 1. The third kappa shape index (κ3) is 3.87. The Labute approximate surface area is 180 Å². The Kier molecular flexibility index (Phi) is 5.42. The molecule has 162 valence electrons. The average molecular weight is 476 g/mol. The summed E-state index contributed by atoms with van der Waals surface area (Å²) in [4.78, 5) is 11.4. The van der Waals surface area contributed by atoms with E-state index in [1.54, 1.807) is 0 Å². The molecule has 5 nitrogen and oxygen atoms in total. The molecular formula is C19H11ClF5N3O2S. The van der Waals surface area contributed by atoms with Crippen LogP contribution < -0.4 is 0 Å². The number of benzene rings is 2. The van der Waals surface area contributed by atoms with E-state index in [1.165, 1.54) is 30.3 Å². The number of aliphatic carboxylic acids is 1. The maximum Gasteiger partial charge on any atom is 0.452 e. The van der Waals surface area contributed by atoms with Crippen LogP contribution in [-0.2, 0) is 11.0 Å². The van der Waals surface area contributed by atoms with Crippen molar-refractivity contribution in [1.29, 1.82) is 0 Å². The molecule has 12 heteroatoms. The number of alkyl halides is 3. The first-order chi connectivity index (χ1) is 14.6. The zero-order valence-corrected chi connectivity index (χ0v) is 16.8. The summed E-state index contributed by atoms with van der Waals surface area (Å²) in [6, 6.07) is 7.42. The van der Waals surface area contributed by atoms with Gasteiger partial charge in [0.05, 0.1) is 22.6 Å². The van der Waals surface area contributed by atoms with Gasteiger partial charge in [-0.1, -0.05) is 23.7 Å². The largest absolute Gasteiger partial charge is 0.481 e. The zero-order valence-electron chi connectivity index (χ0n) is 15.2. The predicted molar refractivity (Wildman–Crippen MR) is 102 cm³/mol. The van der Waals surface area contributed by atoms with Crippen LogP contribution in [0.3, 0.4) is 0 Å². The van der Waals surface area contributed by atoms with Crippen LogP contribution in [0.25, 0.3) is 5.69 Å². The van der Waals surface area contributed by atoms with Gasteiger partial charge < -0.3 is 5.11 Å². The summed E-state index contributed by atoms with van der Waals surface area (Å²) in [6.45, 7) is 0. The molecule has 0 bridgehead atoms. The first-order valence-electron chi connectivity index (χ1n) is 8.71. The fourth-order valence-electron chi connectivity index (χ4n) is 3.43. The molecule has 0 radical (unpaired) electrons. The number of hydrogen-bond acceptors (Lipinski definition) is 4. The number of carboxylic acids is 1. The van der Waals surface area contributed by atoms with E-state index in [4.69, 9.17) is 11.6 Å². The molecule has 0 fully saturated rings. The summed E-state index contributed by atoms with van der Waals surface area (Å²) >= 11 is 6.91. The Hall–Kier alpha value is -2.66. The van der Waals surface area contributed by atoms with E-state index >= 15 is 0 Å². The molecular weight excluding hydrogens is 465 g/mol. The molecule has 2 atom stereocenters. The molecule has 0 aliphatic carbocycles. The lowest BCUT2D eigenvalue weighted by molar-refractivity contribution is -0.146. The Morgan fingerprint density at radius 2 is 1.90 bits per heavy atom. The molecule has 1 aliphatic heterocycles. The van der Waals surface area contributed by atoms with Crippen LogP contribution in [0, 0.1) is 11.6 Å². The van der Waals surface area contributed by atoms with Crippen LogP contribution >= 0.6 is 23.4 Å². The molecule has 2 unspecified atom stereocenters. The van der Waals surface area contributed by atoms with Crippen LogP contribution in [0.2, 0.25) is 5.02 Å². The molecule has 0 saturated carbocycles. The van der Waals surface area contributed by atoms with E-state index in [9.17, 15) is 31.9 Å². The monoisotopic (exact) mass is 475 g/mol. The van der Waals surface area contributed by atoms with E-state index < -0.39 is 46.5 Å². The highest BCUT2D eigenvalue weighted by atomic mass is 35.5. The van der Waals surface area contributed by atoms with Crippen molar-refractivity contribution >= 4 is 29.3 Å². The van der Waals surface area contributed by atoms with E-state index in [0.717, 1.165) is 17.8 Å². The van der Waals surface area contributed by atoms with E-state index in [0.29, 0.717) is 4.57 Å². The molecule has 31 heavy (non-hydrogen) atoms. The molecule has 4 rings (SSSR count). The number of hydrogen-bond donors (Lipinski definition) is 1. The number of halogens is 6. The molecule has 1 aliphatic rings. The second-order valence-corrected chi connectivity index (χ2v) is 8.41.